The standard InChI is InChI=1S/C17H21NO3S/c1-3-15-7-5-8-16(13-15)21-11-10-18-22(19,20)17-9-4-6-14(2)12-17/h4-9,12-13,18H,3,10-11H2,1-2H3. The monoisotopic (exact) mass is 319 g/mol. The molecule has 0 fully saturated rings. The first-order valence-electron chi connectivity index (χ1n) is 7.29. The highest BCUT2D eigenvalue weighted by Crippen LogP contribution is 2.14. The predicted octanol–water partition coefficient (Wildman–Crippen LogP) is 2.91. The number of ether oxygens (including phenoxy) is 1. The highest BCUT2D eigenvalue weighted by molar-refractivity contribution is 7.89. The molecule has 0 aliphatic carbocycles. The lowest BCUT2D eigenvalue weighted by atomic mass is 10.2. The summed E-state index contributed by atoms with van der Waals surface area (Å²) in [5.41, 5.74) is 2.10. The highest BCUT2D eigenvalue weighted by Gasteiger charge is 2.13. The van der Waals surface area contributed by atoms with Gasteiger partial charge in [-0.25, -0.2) is 13.1 Å². The summed E-state index contributed by atoms with van der Waals surface area (Å²) in [6, 6.07) is 14.6. The minimum Gasteiger partial charge on any atom is -0.492 e. The maximum Gasteiger partial charge on any atom is 0.240 e. The summed E-state index contributed by atoms with van der Waals surface area (Å²) in [5.74, 6) is 0.758. The maximum absolute atomic E-state index is 12.1. The summed E-state index contributed by atoms with van der Waals surface area (Å²) in [6.45, 7) is 4.46. The van der Waals surface area contributed by atoms with Gasteiger partial charge in [0.2, 0.25) is 10.0 Å². The molecule has 0 heterocycles. The van der Waals surface area contributed by atoms with E-state index in [0.29, 0.717) is 0 Å². The normalized spacial score (nSPS) is 11.4. The van der Waals surface area contributed by atoms with E-state index in [1.165, 1.54) is 5.56 Å². The van der Waals surface area contributed by atoms with Crippen molar-refractivity contribution in [2.45, 2.75) is 25.2 Å². The van der Waals surface area contributed by atoms with Crippen LogP contribution in [0.5, 0.6) is 5.75 Å². The van der Waals surface area contributed by atoms with Crippen molar-refractivity contribution in [2.24, 2.45) is 0 Å². The number of rotatable bonds is 7. The van der Waals surface area contributed by atoms with Crippen LogP contribution in [0, 0.1) is 6.92 Å². The molecule has 1 N–H and O–H groups in total. The fourth-order valence-corrected chi connectivity index (χ4v) is 3.18. The van der Waals surface area contributed by atoms with Crippen LogP contribution in [-0.4, -0.2) is 21.6 Å². The van der Waals surface area contributed by atoms with E-state index in [4.69, 9.17) is 4.74 Å². The molecule has 22 heavy (non-hydrogen) atoms. The zero-order valence-corrected chi connectivity index (χ0v) is 13.7. The SMILES string of the molecule is CCc1cccc(OCCNS(=O)(=O)c2cccc(C)c2)c1. The Kier molecular flexibility index (Phi) is 5.57. The van der Waals surface area contributed by atoms with Crippen LogP contribution in [0.25, 0.3) is 0 Å². The summed E-state index contributed by atoms with van der Waals surface area (Å²) in [7, 11) is -3.48. The van der Waals surface area contributed by atoms with Gasteiger partial charge in [0.05, 0.1) is 4.90 Å². The smallest absolute Gasteiger partial charge is 0.240 e. The first-order valence-corrected chi connectivity index (χ1v) is 8.77. The molecule has 0 atom stereocenters. The van der Waals surface area contributed by atoms with Gasteiger partial charge in [0.1, 0.15) is 12.4 Å². The van der Waals surface area contributed by atoms with Crippen molar-refractivity contribution < 1.29 is 13.2 Å². The topological polar surface area (TPSA) is 55.4 Å². The van der Waals surface area contributed by atoms with E-state index in [0.717, 1.165) is 17.7 Å². The van der Waals surface area contributed by atoms with Crippen molar-refractivity contribution >= 4 is 10.0 Å². The van der Waals surface area contributed by atoms with Crippen molar-refractivity contribution in [1.82, 2.24) is 4.72 Å². The molecule has 0 amide bonds. The predicted molar refractivity (Wildman–Crippen MR) is 87.7 cm³/mol. The van der Waals surface area contributed by atoms with Gasteiger partial charge in [-0.05, 0) is 48.7 Å². The molecule has 0 saturated heterocycles. The van der Waals surface area contributed by atoms with E-state index in [-0.39, 0.29) is 18.0 Å². The van der Waals surface area contributed by atoms with Crippen molar-refractivity contribution in [1.29, 1.82) is 0 Å². The third-order valence-electron chi connectivity index (χ3n) is 3.27. The molecule has 2 aromatic carbocycles. The average Bonchev–Trinajstić information content (AvgIpc) is 2.52. The molecule has 5 heteroatoms. The second-order valence-electron chi connectivity index (χ2n) is 5.06. The number of hydrogen-bond acceptors (Lipinski definition) is 3. The largest absolute Gasteiger partial charge is 0.492 e. The molecule has 2 aromatic rings. The number of hydrogen-bond donors (Lipinski definition) is 1. The number of aryl methyl sites for hydroxylation is 2. The molecule has 118 valence electrons. The van der Waals surface area contributed by atoms with Crippen LogP contribution in [0.15, 0.2) is 53.4 Å². The van der Waals surface area contributed by atoms with Crippen LogP contribution in [0.3, 0.4) is 0 Å². The Morgan fingerprint density at radius 1 is 1.09 bits per heavy atom. The van der Waals surface area contributed by atoms with Crippen LogP contribution in [-0.2, 0) is 16.4 Å². The van der Waals surface area contributed by atoms with Crippen LogP contribution >= 0.6 is 0 Å². The Morgan fingerprint density at radius 3 is 2.59 bits per heavy atom. The Balaban J connectivity index is 1.88. The van der Waals surface area contributed by atoms with Gasteiger partial charge in [0.15, 0.2) is 0 Å². The second-order valence-corrected chi connectivity index (χ2v) is 6.83. The van der Waals surface area contributed by atoms with Gasteiger partial charge in [0.25, 0.3) is 0 Å². The fraction of sp³-hybridized carbons (Fsp3) is 0.294. The minimum atomic E-state index is -3.48. The van der Waals surface area contributed by atoms with Crippen LogP contribution in [0.2, 0.25) is 0 Å². The molecule has 0 saturated carbocycles. The van der Waals surface area contributed by atoms with E-state index >= 15 is 0 Å². The van der Waals surface area contributed by atoms with E-state index in [1.807, 2.05) is 37.3 Å². The third-order valence-corrected chi connectivity index (χ3v) is 4.73. The number of nitrogens with one attached hydrogen (secondary N) is 1. The van der Waals surface area contributed by atoms with E-state index < -0.39 is 10.0 Å². The van der Waals surface area contributed by atoms with Gasteiger partial charge in [0, 0.05) is 6.54 Å². The van der Waals surface area contributed by atoms with Crippen molar-refractivity contribution in [3.8, 4) is 5.75 Å². The van der Waals surface area contributed by atoms with Crippen LogP contribution in [0.1, 0.15) is 18.1 Å². The third kappa shape index (κ3) is 4.58. The molecule has 2 rings (SSSR count). The van der Waals surface area contributed by atoms with Gasteiger partial charge in [-0.15, -0.1) is 0 Å². The van der Waals surface area contributed by atoms with Gasteiger partial charge < -0.3 is 4.74 Å². The first kappa shape index (κ1) is 16.5. The number of sulfonamides is 1. The molecule has 0 radical (unpaired) electrons. The van der Waals surface area contributed by atoms with E-state index in [9.17, 15) is 8.42 Å². The van der Waals surface area contributed by atoms with Gasteiger partial charge >= 0.3 is 0 Å². The number of benzene rings is 2. The highest BCUT2D eigenvalue weighted by atomic mass is 32.2. The zero-order valence-electron chi connectivity index (χ0n) is 12.9. The van der Waals surface area contributed by atoms with Gasteiger partial charge in [-0.3, -0.25) is 0 Å². The molecular weight excluding hydrogens is 298 g/mol. The van der Waals surface area contributed by atoms with E-state index in [2.05, 4.69) is 11.6 Å². The fourth-order valence-electron chi connectivity index (χ4n) is 2.07. The molecule has 0 aromatic heterocycles. The van der Waals surface area contributed by atoms with Crippen LogP contribution < -0.4 is 9.46 Å². The molecule has 0 aliphatic heterocycles. The second kappa shape index (κ2) is 7.42. The Labute approximate surface area is 132 Å². The zero-order chi connectivity index (χ0) is 16.0. The average molecular weight is 319 g/mol. The van der Waals surface area contributed by atoms with Crippen molar-refractivity contribution in [3.63, 3.8) is 0 Å². The van der Waals surface area contributed by atoms with E-state index in [1.54, 1.807) is 18.2 Å². The Hall–Kier alpha value is -1.85. The maximum atomic E-state index is 12.1. The van der Waals surface area contributed by atoms with Gasteiger partial charge in [-0.2, -0.15) is 0 Å². The quantitative estimate of drug-likeness (QED) is 0.798. The lowest BCUT2D eigenvalue weighted by Gasteiger charge is -2.09. The Bertz CT molecular complexity index is 726. The lowest BCUT2D eigenvalue weighted by Crippen LogP contribution is -2.28. The first-order chi connectivity index (χ1) is 10.5. The van der Waals surface area contributed by atoms with Crippen molar-refractivity contribution in [2.75, 3.05) is 13.2 Å². The molecule has 0 unspecified atom stereocenters. The summed E-state index contributed by atoms with van der Waals surface area (Å²) < 4.78 is 32.4. The summed E-state index contributed by atoms with van der Waals surface area (Å²) >= 11 is 0. The molecule has 4 nitrogen and oxygen atoms in total. The summed E-state index contributed by atoms with van der Waals surface area (Å²) in [6.07, 6.45) is 0.942. The molecule has 0 bridgehead atoms. The molecular formula is C17H21NO3S. The van der Waals surface area contributed by atoms with Gasteiger partial charge in [-0.1, -0.05) is 31.2 Å². The minimum absolute atomic E-state index is 0.229. The van der Waals surface area contributed by atoms with Crippen LogP contribution in [0.4, 0.5) is 0 Å². The Morgan fingerprint density at radius 2 is 1.86 bits per heavy atom. The lowest BCUT2D eigenvalue weighted by molar-refractivity contribution is 0.322. The molecule has 0 aliphatic rings. The summed E-state index contributed by atoms with van der Waals surface area (Å²) in [5, 5.41) is 0. The summed E-state index contributed by atoms with van der Waals surface area (Å²) in [4.78, 5) is 0.278. The molecule has 0 spiro atoms. The van der Waals surface area contributed by atoms with Crippen molar-refractivity contribution in [3.05, 3.63) is 59.7 Å².